The highest BCUT2D eigenvalue weighted by Crippen LogP contribution is 2.34. The molecular formula is C19H25S2+. The second-order valence-electron chi connectivity index (χ2n) is 6.79. The van der Waals surface area contributed by atoms with Crippen LogP contribution in [0.15, 0.2) is 57.2 Å². The molecule has 0 heterocycles. The fraction of sp³-hybridized carbons (Fsp3) is 0.368. The summed E-state index contributed by atoms with van der Waals surface area (Å²) in [7, 11) is 0. The van der Waals surface area contributed by atoms with E-state index in [9.17, 15) is 0 Å². The lowest BCUT2D eigenvalue weighted by molar-refractivity contribution is 0.587. The molecule has 0 nitrogen and oxygen atoms in total. The molecule has 0 radical (unpaired) electrons. The van der Waals surface area contributed by atoms with Crippen LogP contribution in [0.1, 0.15) is 51.7 Å². The number of hydrogen-bond acceptors (Lipinski definition) is 1. The molecule has 0 aliphatic heterocycles. The molecule has 0 N–H and O–H groups in total. The zero-order valence-electron chi connectivity index (χ0n) is 13.5. The average Bonchev–Trinajstić information content (AvgIpc) is 2.40. The van der Waals surface area contributed by atoms with Gasteiger partial charge in [-0.05, 0) is 59.4 Å². The minimum absolute atomic E-state index is 0.177. The molecule has 2 heteroatoms. The summed E-state index contributed by atoms with van der Waals surface area (Å²) in [6.07, 6.45) is 0. The summed E-state index contributed by atoms with van der Waals surface area (Å²) in [6.45, 7) is 11.2. The van der Waals surface area contributed by atoms with E-state index >= 15 is 0 Å². The molecule has 2 rings (SSSR count). The van der Waals surface area contributed by atoms with Crippen molar-refractivity contribution in [1.82, 2.24) is 0 Å². The third-order valence-electron chi connectivity index (χ3n) is 3.62. The maximum absolute atomic E-state index is 3.73. The average molecular weight is 318 g/mol. The van der Waals surface area contributed by atoms with Crippen molar-refractivity contribution in [3.8, 4) is 0 Å². The molecule has 0 unspecified atom stereocenters. The molecule has 0 spiro atoms. The molecule has 0 fully saturated rings. The highest BCUT2D eigenvalue weighted by atomic mass is 32.2. The Morgan fingerprint density at radius 1 is 0.952 bits per heavy atom. The fourth-order valence-electron chi connectivity index (χ4n) is 2.12. The summed E-state index contributed by atoms with van der Waals surface area (Å²) in [6, 6.07) is 15.5. The van der Waals surface area contributed by atoms with E-state index < -0.39 is 0 Å². The van der Waals surface area contributed by atoms with Crippen molar-refractivity contribution in [2.45, 2.75) is 60.6 Å². The number of rotatable bonds is 3. The molecule has 0 saturated heterocycles. The minimum atomic E-state index is 0.177. The number of benzene rings is 2. The third kappa shape index (κ3) is 4.31. The molecule has 0 saturated carbocycles. The largest absolute Gasteiger partial charge is 0.164 e. The van der Waals surface area contributed by atoms with Crippen LogP contribution >= 0.6 is 11.8 Å². The van der Waals surface area contributed by atoms with E-state index in [-0.39, 0.29) is 5.41 Å². The Morgan fingerprint density at radius 2 is 1.57 bits per heavy atom. The maximum Gasteiger partial charge on any atom is 0.164 e. The molecule has 0 aromatic heterocycles. The Balaban J connectivity index is 2.26. The van der Waals surface area contributed by atoms with Gasteiger partial charge in [-0.25, -0.2) is 0 Å². The molecular weight excluding hydrogens is 292 g/mol. The SMILES string of the molecule is CC(C)c1ccc(Sc2cc(C(C)(C)C)ccc2[SH2+])cc1. The Labute approximate surface area is 138 Å². The van der Waals surface area contributed by atoms with Crippen LogP contribution in [0.5, 0.6) is 0 Å². The van der Waals surface area contributed by atoms with Crippen molar-refractivity contribution < 1.29 is 0 Å². The van der Waals surface area contributed by atoms with Gasteiger partial charge in [-0.3, -0.25) is 0 Å². The fourth-order valence-corrected chi connectivity index (χ4v) is 3.32. The van der Waals surface area contributed by atoms with Crippen LogP contribution in [-0.4, -0.2) is 0 Å². The summed E-state index contributed by atoms with van der Waals surface area (Å²) >= 11 is 5.54. The molecule has 0 aliphatic carbocycles. The first-order valence-electron chi connectivity index (χ1n) is 7.41. The van der Waals surface area contributed by atoms with Gasteiger partial charge in [0.25, 0.3) is 0 Å². The maximum atomic E-state index is 3.73. The van der Waals surface area contributed by atoms with E-state index in [0.717, 1.165) is 4.90 Å². The highest BCUT2D eigenvalue weighted by Gasteiger charge is 2.16. The first-order chi connectivity index (χ1) is 9.77. The normalized spacial score (nSPS) is 12.0. The quantitative estimate of drug-likeness (QED) is 0.661. The van der Waals surface area contributed by atoms with Crippen molar-refractivity contribution in [2.75, 3.05) is 0 Å². The first-order valence-corrected chi connectivity index (χ1v) is 8.73. The van der Waals surface area contributed by atoms with Gasteiger partial charge in [-0.1, -0.05) is 64.6 Å². The van der Waals surface area contributed by atoms with Gasteiger partial charge in [-0.15, -0.1) is 0 Å². The van der Waals surface area contributed by atoms with Crippen molar-refractivity contribution >= 4 is 24.4 Å². The van der Waals surface area contributed by atoms with Gasteiger partial charge in [0, 0.05) is 4.90 Å². The van der Waals surface area contributed by atoms with Gasteiger partial charge in [0.1, 0.15) is 0 Å². The molecule has 0 bridgehead atoms. The Hall–Kier alpha value is -0.860. The molecule has 0 aliphatic rings. The van der Waals surface area contributed by atoms with E-state index in [1.807, 2.05) is 11.8 Å². The predicted octanol–water partition coefficient (Wildman–Crippen LogP) is 5.63. The van der Waals surface area contributed by atoms with E-state index in [1.54, 1.807) is 0 Å². The lowest BCUT2D eigenvalue weighted by atomic mass is 9.87. The van der Waals surface area contributed by atoms with Crippen molar-refractivity contribution in [1.29, 1.82) is 0 Å². The minimum Gasteiger partial charge on any atom is -0.0848 e. The van der Waals surface area contributed by atoms with Gasteiger partial charge >= 0.3 is 0 Å². The topological polar surface area (TPSA) is 0 Å². The molecule has 2 aromatic rings. The Morgan fingerprint density at radius 3 is 2.10 bits per heavy atom. The lowest BCUT2D eigenvalue weighted by Crippen LogP contribution is -2.10. The smallest absolute Gasteiger partial charge is 0.0848 e. The zero-order chi connectivity index (χ0) is 15.6. The summed E-state index contributed by atoms with van der Waals surface area (Å²) in [5.41, 5.74) is 2.93. The molecule has 112 valence electrons. The van der Waals surface area contributed by atoms with E-state index in [1.165, 1.54) is 20.9 Å². The Kier molecular flexibility index (Phi) is 5.11. The zero-order valence-corrected chi connectivity index (χ0v) is 15.3. The summed E-state index contributed by atoms with van der Waals surface area (Å²) in [5.74, 6) is 0.583. The van der Waals surface area contributed by atoms with E-state index in [0.29, 0.717) is 5.92 Å². The van der Waals surface area contributed by atoms with E-state index in [4.69, 9.17) is 0 Å². The van der Waals surface area contributed by atoms with Gasteiger partial charge < -0.3 is 0 Å². The Bertz CT molecular complexity index is 604. The molecule has 21 heavy (non-hydrogen) atoms. The van der Waals surface area contributed by atoms with Gasteiger partial charge in [0.05, 0.1) is 4.90 Å². The number of hydrogen-bond donors (Lipinski definition) is 0. The molecule has 2 aromatic carbocycles. The second-order valence-corrected chi connectivity index (χ2v) is 8.44. The summed E-state index contributed by atoms with van der Waals surface area (Å²) in [4.78, 5) is 3.71. The monoisotopic (exact) mass is 317 g/mol. The van der Waals surface area contributed by atoms with Crippen molar-refractivity contribution in [3.05, 3.63) is 53.6 Å². The molecule has 0 amide bonds. The van der Waals surface area contributed by atoms with E-state index in [2.05, 4.69) is 89.7 Å². The predicted molar refractivity (Wildman–Crippen MR) is 98.2 cm³/mol. The van der Waals surface area contributed by atoms with Crippen molar-refractivity contribution in [2.24, 2.45) is 0 Å². The van der Waals surface area contributed by atoms with Crippen molar-refractivity contribution in [3.63, 3.8) is 0 Å². The van der Waals surface area contributed by atoms with Gasteiger partial charge in [0.2, 0.25) is 0 Å². The lowest BCUT2D eigenvalue weighted by Gasteiger charge is -2.19. The first kappa shape index (κ1) is 16.5. The molecule has 0 atom stereocenters. The van der Waals surface area contributed by atoms with Crippen LogP contribution < -0.4 is 0 Å². The van der Waals surface area contributed by atoms with Crippen LogP contribution in [0.25, 0.3) is 0 Å². The van der Waals surface area contributed by atoms with Crippen LogP contribution in [0.3, 0.4) is 0 Å². The van der Waals surface area contributed by atoms with Crippen LogP contribution in [-0.2, 0) is 18.0 Å². The van der Waals surface area contributed by atoms with Crippen LogP contribution in [0, 0.1) is 0 Å². The van der Waals surface area contributed by atoms with Gasteiger partial charge in [-0.2, -0.15) is 0 Å². The van der Waals surface area contributed by atoms with Crippen LogP contribution in [0.4, 0.5) is 0 Å². The van der Waals surface area contributed by atoms with Crippen LogP contribution in [0.2, 0.25) is 0 Å². The third-order valence-corrected chi connectivity index (χ3v) is 5.30. The van der Waals surface area contributed by atoms with Gasteiger partial charge in [0.15, 0.2) is 4.90 Å². The highest BCUT2D eigenvalue weighted by molar-refractivity contribution is 7.99. The standard InChI is InChI=1S/C19H24S2/c1-13(2)14-6-9-16(10-7-14)21-18-12-15(19(3,4)5)8-11-17(18)20/h6-13,20H,1-5H3/p+1. The summed E-state index contributed by atoms with van der Waals surface area (Å²) in [5, 5.41) is 0. The second kappa shape index (κ2) is 6.50. The summed E-state index contributed by atoms with van der Waals surface area (Å²) < 4.78 is 0.